The zero-order valence-corrected chi connectivity index (χ0v) is 20.0. The van der Waals surface area contributed by atoms with Gasteiger partial charge in [0.15, 0.2) is 11.6 Å². The Hall–Kier alpha value is -3.22. The maximum Gasteiger partial charge on any atom is 0.208 e. The average Bonchev–Trinajstić information content (AvgIpc) is 2.98. The number of hydrogen-bond acceptors (Lipinski definition) is 5. The van der Waals surface area contributed by atoms with Crippen molar-refractivity contribution in [1.82, 2.24) is 0 Å². The van der Waals surface area contributed by atoms with Crippen molar-refractivity contribution in [3.05, 3.63) is 101 Å². The lowest BCUT2D eigenvalue weighted by Crippen LogP contribution is -2.24. The molecule has 2 heterocycles. The Morgan fingerprint density at radius 2 is 1.55 bits per heavy atom. The summed E-state index contributed by atoms with van der Waals surface area (Å²) in [4.78, 5) is 27.9. The van der Waals surface area contributed by atoms with Gasteiger partial charge in [0.25, 0.3) is 0 Å². The van der Waals surface area contributed by atoms with E-state index in [2.05, 4.69) is 13.8 Å². The van der Waals surface area contributed by atoms with E-state index in [1.165, 1.54) is 30.3 Å². The van der Waals surface area contributed by atoms with Crippen molar-refractivity contribution in [3.8, 4) is 0 Å². The number of benzene rings is 3. The van der Waals surface area contributed by atoms with Gasteiger partial charge < -0.3 is 4.90 Å². The van der Waals surface area contributed by atoms with E-state index in [0.29, 0.717) is 0 Å². The quantitative estimate of drug-likeness (QED) is 0.299. The van der Waals surface area contributed by atoms with Crippen LogP contribution in [-0.4, -0.2) is 27.0 Å². The summed E-state index contributed by atoms with van der Waals surface area (Å²) in [5.41, 5.74) is 3.09. The molecule has 0 aliphatic carbocycles. The van der Waals surface area contributed by atoms with E-state index in [9.17, 15) is 18.0 Å². The molecule has 0 saturated heterocycles. The molecule has 0 atom stereocenters. The summed E-state index contributed by atoms with van der Waals surface area (Å²) in [7, 11) is -1.98. The SMILES string of the molecule is CN1C(=CC(=O)c2ccc3c(c2)S(=O)(=O)c2ccccc2C3=O)C(C)(C)c2ccccc21.Cl. The average molecular weight is 480 g/mol. The van der Waals surface area contributed by atoms with Crippen molar-refractivity contribution in [2.45, 2.75) is 29.1 Å². The van der Waals surface area contributed by atoms with E-state index in [4.69, 9.17) is 0 Å². The Morgan fingerprint density at radius 3 is 2.27 bits per heavy atom. The lowest BCUT2D eigenvalue weighted by atomic mass is 9.83. The molecule has 0 bridgehead atoms. The largest absolute Gasteiger partial charge is 0.347 e. The highest BCUT2D eigenvalue weighted by Crippen LogP contribution is 2.46. The third kappa shape index (κ3) is 3.24. The van der Waals surface area contributed by atoms with Crippen LogP contribution in [0.5, 0.6) is 0 Å². The number of sulfone groups is 1. The predicted octanol–water partition coefficient (Wildman–Crippen LogP) is 4.98. The van der Waals surface area contributed by atoms with Crippen LogP contribution in [0, 0.1) is 0 Å². The van der Waals surface area contributed by atoms with E-state index in [-0.39, 0.29) is 55.9 Å². The maximum absolute atomic E-state index is 13.2. The molecule has 0 radical (unpaired) electrons. The van der Waals surface area contributed by atoms with Crippen LogP contribution in [0.25, 0.3) is 0 Å². The fraction of sp³-hybridized carbons (Fsp3) is 0.154. The third-order valence-electron chi connectivity index (χ3n) is 6.43. The first-order valence-electron chi connectivity index (χ1n) is 10.3. The number of para-hydroxylation sites is 1. The normalized spacial score (nSPS) is 18.2. The Bertz CT molecular complexity index is 1470. The number of rotatable bonds is 2. The Morgan fingerprint density at radius 1 is 0.909 bits per heavy atom. The van der Waals surface area contributed by atoms with Crippen LogP contribution in [-0.2, 0) is 15.3 Å². The molecular weight excluding hydrogens is 458 g/mol. The maximum atomic E-state index is 13.2. The van der Waals surface area contributed by atoms with Crippen molar-refractivity contribution >= 4 is 39.5 Å². The molecule has 168 valence electrons. The molecule has 0 amide bonds. The molecule has 0 spiro atoms. The lowest BCUT2D eigenvalue weighted by molar-refractivity contribution is 0.102. The topological polar surface area (TPSA) is 71.5 Å². The van der Waals surface area contributed by atoms with Crippen molar-refractivity contribution < 1.29 is 18.0 Å². The van der Waals surface area contributed by atoms with Crippen LogP contribution in [0.15, 0.2) is 88.3 Å². The third-order valence-corrected chi connectivity index (χ3v) is 8.28. The van der Waals surface area contributed by atoms with Gasteiger partial charge in [-0.25, -0.2) is 8.42 Å². The summed E-state index contributed by atoms with van der Waals surface area (Å²) < 4.78 is 26.4. The van der Waals surface area contributed by atoms with Crippen molar-refractivity contribution in [3.63, 3.8) is 0 Å². The van der Waals surface area contributed by atoms with Crippen molar-refractivity contribution in [2.24, 2.45) is 0 Å². The summed E-state index contributed by atoms with van der Waals surface area (Å²) in [6, 6.07) is 18.4. The van der Waals surface area contributed by atoms with Crippen LogP contribution >= 0.6 is 12.4 Å². The van der Waals surface area contributed by atoms with Gasteiger partial charge in [0.2, 0.25) is 9.84 Å². The zero-order chi connectivity index (χ0) is 22.8. The Labute approximate surface area is 199 Å². The zero-order valence-electron chi connectivity index (χ0n) is 18.3. The summed E-state index contributed by atoms with van der Waals surface area (Å²) in [6.07, 6.45) is 1.56. The van der Waals surface area contributed by atoms with Gasteiger partial charge >= 0.3 is 0 Å². The summed E-state index contributed by atoms with van der Waals surface area (Å²) in [5, 5.41) is 0. The molecule has 3 aromatic rings. The predicted molar refractivity (Wildman–Crippen MR) is 129 cm³/mol. The molecule has 0 saturated carbocycles. The molecule has 33 heavy (non-hydrogen) atoms. The highest BCUT2D eigenvalue weighted by Gasteiger charge is 2.39. The van der Waals surface area contributed by atoms with E-state index in [1.807, 2.05) is 36.2 Å². The molecule has 0 N–H and O–H groups in total. The summed E-state index contributed by atoms with van der Waals surface area (Å²) in [5.74, 6) is -0.660. The number of fused-ring (bicyclic) bond motifs is 3. The molecule has 2 aliphatic rings. The van der Waals surface area contributed by atoms with Gasteiger partial charge in [-0.15, -0.1) is 12.4 Å². The van der Waals surface area contributed by atoms with E-state index in [1.54, 1.807) is 18.2 Å². The van der Waals surface area contributed by atoms with Crippen molar-refractivity contribution in [2.75, 3.05) is 11.9 Å². The lowest BCUT2D eigenvalue weighted by Gasteiger charge is -2.24. The molecule has 7 heteroatoms. The number of halogens is 1. The second kappa shape index (κ2) is 7.68. The first-order valence-corrected chi connectivity index (χ1v) is 11.7. The Balaban J connectivity index is 0.00000259. The number of anilines is 1. The van der Waals surface area contributed by atoms with Gasteiger partial charge in [-0.2, -0.15) is 0 Å². The van der Waals surface area contributed by atoms with E-state index < -0.39 is 9.84 Å². The molecule has 5 nitrogen and oxygen atoms in total. The number of carbonyl (C=O) groups excluding carboxylic acids is 2. The second-order valence-electron chi connectivity index (χ2n) is 8.63. The highest BCUT2D eigenvalue weighted by atomic mass is 35.5. The van der Waals surface area contributed by atoms with Crippen LogP contribution in [0.3, 0.4) is 0 Å². The number of ketones is 2. The smallest absolute Gasteiger partial charge is 0.208 e. The number of nitrogens with zero attached hydrogens (tertiary/aromatic N) is 1. The molecule has 0 fully saturated rings. The second-order valence-corrected chi connectivity index (χ2v) is 10.5. The van der Waals surface area contributed by atoms with Crippen LogP contribution < -0.4 is 4.90 Å². The van der Waals surface area contributed by atoms with Gasteiger partial charge in [-0.1, -0.05) is 50.2 Å². The minimum atomic E-state index is -3.90. The van der Waals surface area contributed by atoms with Gasteiger partial charge in [0.1, 0.15) is 0 Å². The van der Waals surface area contributed by atoms with Gasteiger partial charge in [-0.3, -0.25) is 9.59 Å². The molecule has 5 rings (SSSR count). The highest BCUT2D eigenvalue weighted by molar-refractivity contribution is 7.91. The van der Waals surface area contributed by atoms with Gasteiger partial charge in [0, 0.05) is 46.6 Å². The first kappa shape index (κ1) is 23.0. The van der Waals surface area contributed by atoms with Gasteiger partial charge in [-0.05, 0) is 35.9 Å². The van der Waals surface area contributed by atoms with Crippen LogP contribution in [0.2, 0.25) is 0 Å². The van der Waals surface area contributed by atoms with Crippen molar-refractivity contribution in [1.29, 1.82) is 0 Å². The van der Waals surface area contributed by atoms with E-state index in [0.717, 1.165) is 16.9 Å². The molecule has 0 unspecified atom stereocenters. The minimum absolute atomic E-state index is 0. The number of hydrogen-bond donors (Lipinski definition) is 0. The van der Waals surface area contributed by atoms with Crippen LogP contribution in [0.1, 0.15) is 45.7 Å². The Kier molecular flexibility index (Phi) is 5.34. The van der Waals surface area contributed by atoms with Crippen LogP contribution in [0.4, 0.5) is 5.69 Å². The summed E-state index contributed by atoms with van der Waals surface area (Å²) in [6.45, 7) is 4.11. The standard InChI is InChI=1S/C26H21NO4S.ClH/c1-26(2)19-9-5-6-10-20(19)27(3)24(26)15-21(28)16-12-13-18-23(14-16)32(30,31)22-11-7-4-8-17(22)25(18)29;/h4-15H,1-3H3;1H. The number of allylic oxidation sites excluding steroid dienone is 2. The number of likely N-dealkylation sites (N-methyl/N-ethyl adjacent to an activating group) is 1. The minimum Gasteiger partial charge on any atom is -0.347 e. The summed E-state index contributed by atoms with van der Waals surface area (Å²) >= 11 is 0. The van der Waals surface area contributed by atoms with E-state index >= 15 is 0 Å². The molecule has 2 aliphatic heterocycles. The molecular formula is C26H22ClNO4S. The fourth-order valence-corrected chi connectivity index (χ4v) is 6.38. The fourth-order valence-electron chi connectivity index (χ4n) is 4.70. The first-order chi connectivity index (χ1) is 15.1. The van der Waals surface area contributed by atoms with Gasteiger partial charge in [0.05, 0.1) is 9.79 Å². The molecule has 0 aromatic heterocycles. The monoisotopic (exact) mass is 479 g/mol. The molecule has 3 aromatic carbocycles. The number of carbonyl (C=O) groups is 2.